The Morgan fingerprint density at radius 1 is 1.68 bits per heavy atom. The number of ether oxygens (including phenoxy) is 1. The normalized spacial score (nSPS) is 38.6. The Labute approximate surface area is 111 Å². The lowest BCUT2D eigenvalue weighted by Crippen LogP contribution is -2.49. The number of alkyl halides is 1. The Kier molecular flexibility index (Phi) is 3.35. The van der Waals surface area contributed by atoms with E-state index in [2.05, 4.69) is 4.98 Å². The van der Waals surface area contributed by atoms with E-state index in [-0.39, 0.29) is 4.64 Å². The van der Waals surface area contributed by atoms with Gasteiger partial charge in [-0.05, 0) is 13.0 Å². The number of H-pyrrole nitrogens is 1. The van der Waals surface area contributed by atoms with E-state index in [0.29, 0.717) is 0 Å². The first-order chi connectivity index (χ1) is 8.72. The van der Waals surface area contributed by atoms with E-state index in [9.17, 15) is 19.4 Å². The van der Waals surface area contributed by atoms with Gasteiger partial charge in [0.05, 0.1) is 0 Å². The molecule has 1 fully saturated rings. The molecule has 0 radical (unpaired) electrons. The van der Waals surface area contributed by atoms with Crippen molar-refractivity contribution >= 4 is 12.2 Å². The number of halogens is 1. The van der Waals surface area contributed by atoms with Crippen LogP contribution in [0.5, 0.6) is 0 Å². The first-order valence-electron chi connectivity index (χ1n) is 5.42. The average molecular weight is 292 g/mol. The molecule has 1 saturated heterocycles. The van der Waals surface area contributed by atoms with Crippen molar-refractivity contribution < 1.29 is 24.4 Å². The van der Waals surface area contributed by atoms with Crippen LogP contribution in [0.4, 0.5) is 4.39 Å². The molecule has 0 amide bonds. The average Bonchev–Trinajstić information content (AvgIpc) is 2.51. The zero-order chi connectivity index (χ0) is 14.4. The molecular weight excluding hydrogens is 279 g/mol. The Morgan fingerprint density at radius 2 is 2.32 bits per heavy atom. The molecule has 0 bridgehead atoms. The number of nitrogens with one attached hydrogen (secondary N) is 1. The monoisotopic (exact) mass is 292 g/mol. The maximum atomic E-state index is 14.0. The molecule has 106 valence electrons. The molecular formula is C10H13FN2O5S. The Hall–Kier alpha value is -1.13. The largest absolute Gasteiger partial charge is 0.390 e. The van der Waals surface area contributed by atoms with E-state index in [1.165, 1.54) is 12.3 Å². The number of nitrogens with zero attached hydrogens (tertiary/aromatic N) is 1. The van der Waals surface area contributed by atoms with Crippen molar-refractivity contribution in [1.29, 1.82) is 0 Å². The van der Waals surface area contributed by atoms with E-state index < -0.39 is 36.1 Å². The molecule has 1 aliphatic heterocycles. The van der Waals surface area contributed by atoms with Gasteiger partial charge in [0.2, 0.25) is 0 Å². The summed E-state index contributed by atoms with van der Waals surface area (Å²) >= 11 is 4.75. The predicted octanol–water partition coefficient (Wildman–Crippen LogP) is -0.795. The van der Waals surface area contributed by atoms with Crippen LogP contribution < -0.4 is 5.69 Å². The van der Waals surface area contributed by atoms with Crippen LogP contribution in [0.25, 0.3) is 0 Å². The van der Waals surface area contributed by atoms with Gasteiger partial charge in [-0.2, -0.15) is 0 Å². The summed E-state index contributed by atoms with van der Waals surface area (Å²) in [5.74, 6) is -2.85. The standard InChI is InChI=1S/C10H13FN2O5S/c1-9(17)6(15)10(11,4-14)18-7(9)13-3-2-5(19)12-8(13)16/h2-3,6-7,14-15,17H,4H2,1H3,(H,12,16,19)/t6?,7-,9-,10-/m1/s1. The van der Waals surface area contributed by atoms with Gasteiger partial charge in [0, 0.05) is 6.20 Å². The first-order valence-corrected chi connectivity index (χ1v) is 5.82. The summed E-state index contributed by atoms with van der Waals surface area (Å²) < 4.78 is 19.9. The summed E-state index contributed by atoms with van der Waals surface area (Å²) in [6, 6.07) is 1.35. The van der Waals surface area contributed by atoms with Crippen LogP contribution in [0, 0.1) is 4.64 Å². The molecule has 2 rings (SSSR count). The van der Waals surface area contributed by atoms with E-state index in [4.69, 9.17) is 22.1 Å². The van der Waals surface area contributed by atoms with Crippen LogP contribution in [0.3, 0.4) is 0 Å². The van der Waals surface area contributed by atoms with E-state index in [1.807, 2.05) is 0 Å². The molecule has 1 aliphatic rings. The number of aliphatic hydroxyl groups excluding tert-OH is 2. The lowest BCUT2D eigenvalue weighted by molar-refractivity contribution is -0.207. The van der Waals surface area contributed by atoms with Crippen LogP contribution >= 0.6 is 12.2 Å². The van der Waals surface area contributed by atoms with Crippen molar-refractivity contribution in [3.8, 4) is 0 Å². The topological polar surface area (TPSA) is 108 Å². The molecule has 1 aromatic heterocycles. The molecule has 4 atom stereocenters. The molecule has 19 heavy (non-hydrogen) atoms. The maximum Gasteiger partial charge on any atom is 0.328 e. The van der Waals surface area contributed by atoms with Crippen LogP contribution in [0.1, 0.15) is 13.2 Å². The minimum Gasteiger partial charge on any atom is -0.390 e. The molecule has 4 N–H and O–H groups in total. The molecule has 0 spiro atoms. The minimum atomic E-state index is -2.85. The van der Waals surface area contributed by atoms with Gasteiger partial charge >= 0.3 is 5.69 Å². The third-order valence-electron chi connectivity index (χ3n) is 3.09. The Bertz CT molecular complexity index is 600. The summed E-state index contributed by atoms with van der Waals surface area (Å²) in [5, 5.41) is 28.7. The fourth-order valence-electron chi connectivity index (χ4n) is 2.01. The number of aromatic amines is 1. The van der Waals surface area contributed by atoms with Gasteiger partial charge < -0.3 is 20.1 Å². The number of aromatic nitrogens is 2. The molecule has 9 heteroatoms. The molecule has 2 heterocycles. The Balaban J connectivity index is 2.51. The van der Waals surface area contributed by atoms with Crippen LogP contribution in [-0.2, 0) is 4.74 Å². The number of aliphatic hydroxyl groups is 3. The highest BCUT2D eigenvalue weighted by Gasteiger charge is 2.62. The minimum absolute atomic E-state index is 0.160. The van der Waals surface area contributed by atoms with Gasteiger partial charge in [-0.1, -0.05) is 12.2 Å². The fraction of sp³-hybridized carbons (Fsp3) is 0.600. The van der Waals surface area contributed by atoms with Crippen molar-refractivity contribution in [2.24, 2.45) is 0 Å². The van der Waals surface area contributed by atoms with Gasteiger partial charge in [0.15, 0.2) is 6.23 Å². The van der Waals surface area contributed by atoms with Crippen molar-refractivity contribution in [2.75, 3.05) is 6.61 Å². The second kappa shape index (κ2) is 4.46. The second-order valence-corrected chi connectivity index (χ2v) is 5.00. The summed E-state index contributed by atoms with van der Waals surface area (Å²) in [4.78, 5) is 14.0. The van der Waals surface area contributed by atoms with Gasteiger partial charge in [0.25, 0.3) is 5.85 Å². The van der Waals surface area contributed by atoms with Crippen LogP contribution in [0.15, 0.2) is 17.1 Å². The second-order valence-electron chi connectivity index (χ2n) is 4.56. The number of hydrogen-bond donors (Lipinski definition) is 4. The zero-order valence-corrected chi connectivity index (χ0v) is 10.7. The van der Waals surface area contributed by atoms with Crippen LogP contribution in [-0.4, -0.2) is 49.0 Å². The summed E-state index contributed by atoms with van der Waals surface area (Å²) in [6.45, 7) is -0.0498. The highest BCUT2D eigenvalue weighted by molar-refractivity contribution is 7.71. The Morgan fingerprint density at radius 3 is 2.79 bits per heavy atom. The summed E-state index contributed by atoms with van der Waals surface area (Å²) in [5.41, 5.74) is -2.83. The molecule has 1 unspecified atom stereocenters. The molecule has 1 aromatic rings. The van der Waals surface area contributed by atoms with Crippen molar-refractivity contribution in [1.82, 2.24) is 9.55 Å². The van der Waals surface area contributed by atoms with E-state index >= 15 is 0 Å². The first kappa shape index (κ1) is 14.3. The zero-order valence-electron chi connectivity index (χ0n) is 9.91. The lowest BCUT2D eigenvalue weighted by Gasteiger charge is -2.27. The van der Waals surface area contributed by atoms with E-state index in [0.717, 1.165) is 11.5 Å². The molecule has 0 saturated carbocycles. The van der Waals surface area contributed by atoms with Crippen LogP contribution in [0.2, 0.25) is 0 Å². The maximum absolute atomic E-state index is 14.0. The van der Waals surface area contributed by atoms with Gasteiger partial charge in [-0.25, -0.2) is 9.18 Å². The predicted molar refractivity (Wildman–Crippen MR) is 63.6 cm³/mol. The number of hydrogen-bond acceptors (Lipinski definition) is 6. The van der Waals surface area contributed by atoms with Crippen molar-refractivity contribution in [2.45, 2.75) is 30.7 Å². The third kappa shape index (κ3) is 2.13. The quantitative estimate of drug-likeness (QED) is 0.532. The molecule has 7 nitrogen and oxygen atoms in total. The van der Waals surface area contributed by atoms with Gasteiger partial charge in [-0.15, -0.1) is 0 Å². The molecule has 0 aliphatic carbocycles. The van der Waals surface area contributed by atoms with Gasteiger partial charge in [0.1, 0.15) is 23.0 Å². The molecule has 0 aromatic carbocycles. The van der Waals surface area contributed by atoms with Gasteiger partial charge in [-0.3, -0.25) is 9.55 Å². The third-order valence-corrected chi connectivity index (χ3v) is 3.33. The van der Waals surface area contributed by atoms with E-state index in [1.54, 1.807) is 0 Å². The highest BCUT2D eigenvalue weighted by atomic mass is 32.1. The summed E-state index contributed by atoms with van der Waals surface area (Å²) in [6.07, 6.45) is -2.31. The number of rotatable bonds is 2. The lowest BCUT2D eigenvalue weighted by atomic mass is 9.95. The fourth-order valence-corrected chi connectivity index (χ4v) is 2.16. The van der Waals surface area contributed by atoms with Crippen molar-refractivity contribution in [3.05, 3.63) is 27.4 Å². The van der Waals surface area contributed by atoms with Crippen molar-refractivity contribution in [3.63, 3.8) is 0 Å². The smallest absolute Gasteiger partial charge is 0.328 e. The SMILES string of the molecule is C[C@@]1(O)C(O)[C@@](F)(CO)O[C@H]1n1ccc(=S)[nH]c1=O. The highest BCUT2D eigenvalue weighted by Crippen LogP contribution is 2.44. The summed E-state index contributed by atoms with van der Waals surface area (Å²) in [7, 11) is 0.